The summed E-state index contributed by atoms with van der Waals surface area (Å²) in [5.74, 6) is -0.268. The fourth-order valence-corrected chi connectivity index (χ4v) is 3.12. The number of halogens is 2. The molecule has 1 aliphatic heterocycles. The van der Waals surface area contributed by atoms with Crippen LogP contribution in [0.25, 0.3) is 0 Å². The van der Waals surface area contributed by atoms with Gasteiger partial charge in [-0.1, -0.05) is 35.9 Å². The molecule has 0 unspecified atom stereocenters. The standard InChI is InChI=1S/C18H18ClFN2O/c1-12-8-9-13(11-15(12)19)21-18(23)22-10-4-7-17(22)14-5-2-3-6-16(14)20/h2-3,5-6,8-9,11,17H,4,7,10H2,1H3,(H,21,23)/t17-/m0/s1. The van der Waals surface area contributed by atoms with Crippen molar-refractivity contribution in [1.29, 1.82) is 0 Å². The number of nitrogens with zero attached hydrogens (tertiary/aromatic N) is 1. The molecule has 0 aromatic heterocycles. The van der Waals surface area contributed by atoms with Crippen molar-refractivity contribution >= 4 is 23.3 Å². The molecule has 0 saturated carbocycles. The van der Waals surface area contributed by atoms with Crippen molar-refractivity contribution in [3.05, 3.63) is 64.4 Å². The molecule has 0 spiro atoms. The van der Waals surface area contributed by atoms with Crippen LogP contribution in [0.5, 0.6) is 0 Å². The molecule has 2 aromatic rings. The molecule has 1 heterocycles. The third-order valence-electron chi connectivity index (χ3n) is 4.20. The van der Waals surface area contributed by atoms with E-state index in [0.717, 1.165) is 18.4 Å². The van der Waals surface area contributed by atoms with E-state index < -0.39 is 0 Å². The van der Waals surface area contributed by atoms with Crippen molar-refractivity contribution in [2.45, 2.75) is 25.8 Å². The fraction of sp³-hybridized carbons (Fsp3) is 0.278. The van der Waals surface area contributed by atoms with E-state index in [0.29, 0.717) is 22.8 Å². The number of nitrogens with one attached hydrogen (secondary N) is 1. The van der Waals surface area contributed by atoms with Crippen molar-refractivity contribution < 1.29 is 9.18 Å². The molecule has 1 fully saturated rings. The molecule has 120 valence electrons. The number of rotatable bonds is 2. The van der Waals surface area contributed by atoms with E-state index in [9.17, 15) is 9.18 Å². The monoisotopic (exact) mass is 332 g/mol. The third-order valence-corrected chi connectivity index (χ3v) is 4.61. The van der Waals surface area contributed by atoms with Crippen LogP contribution in [0.1, 0.15) is 30.0 Å². The zero-order valence-electron chi connectivity index (χ0n) is 12.9. The molecule has 0 aliphatic carbocycles. The molecule has 2 aromatic carbocycles. The molecule has 1 aliphatic rings. The van der Waals surface area contributed by atoms with Crippen LogP contribution in [-0.2, 0) is 0 Å². The summed E-state index contributed by atoms with van der Waals surface area (Å²) in [5.41, 5.74) is 2.17. The largest absolute Gasteiger partial charge is 0.322 e. The maximum absolute atomic E-state index is 14.0. The third kappa shape index (κ3) is 3.32. The molecule has 0 bridgehead atoms. The van der Waals surface area contributed by atoms with E-state index in [1.807, 2.05) is 19.1 Å². The highest BCUT2D eigenvalue weighted by atomic mass is 35.5. The number of amides is 2. The van der Waals surface area contributed by atoms with Crippen LogP contribution in [0.3, 0.4) is 0 Å². The first-order valence-electron chi connectivity index (χ1n) is 7.64. The molecular formula is C18H18ClFN2O. The number of hydrogen-bond donors (Lipinski definition) is 1. The summed E-state index contributed by atoms with van der Waals surface area (Å²) < 4.78 is 14.0. The van der Waals surface area contributed by atoms with E-state index in [4.69, 9.17) is 11.6 Å². The van der Waals surface area contributed by atoms with Crippen LogP contribution in [-0.4, -0.2) is 17.5 Å². The van der Waals surface area contributed by atoms with E-state index >= 15 is 0 Å². The van der Waals surface area contributed by atoms with Gasteiger partial charge >= 0.3 is 6.03 Å². The Bertz CT molecular complexity index is 735. The van der Waals surface area contributed by atoms with Crippen LogP contribution in [0.15, 0.2) is 42.5 Å². The SMILES string of the molecule is Cc1ccc(NC(=O)N2CCC[C@H]2c2ccccc2F)cc1Cl. The summed E-state index contributed by atoms with van der Waals surface area (Å²) in [6.07, 6.45) is 1.63. The zero-order valence-corrected chi connectivity index (χ0v) is 13.6. The summed E-state index contributed by atoms with van der Waals surface area (Å²) in [6.45, 7) is 2.52. The van der Waals surface area contributed by atoms with Crippen molar-refractivity contribution in [3.8, 4) is 0 Å². The lowest BCUT2D eigenvalue weighted by Crippen LogP contribution is -2.34. The fourth-order valence-electron chi connectivity index (χ4n) is 2.94. The zero-order chi connectivity index (χ0) is 16.4. The minimum Gasteiger partial charge on any atom is -0.317 e. The predicted octanol–water partition coefficient (Wildman–Crippen LogP) is 5.16. The highest BCUT2D eigenvalue weighted by Gasteiger charge is 2.31. The van der Waals surface area contributed by atoms with E-state index in [-0.39, 0.29) is 17.9 Å². The number of carbonyl (C=O) groups excluding carboxylic acids is 1. The number of urea groups is 1. The van der Waals surface area contributed by atoms with Gasteiger partial charge in [0.15, 0.2) is 0 Å². The summed E-state index contributed by atoms with van der Waals surface area (Å²) in [5, 5.41) is 3.46. The van der Waals surface area contributed by atoms with Crippen molar-refractivity contribution in [3.63, 3.8) is 0 Å². The summed E-state index contributed by atoms with van der Waals surface area (Å²) in [4.78, 5) is 14.2. The van der Waals surface area contributed by atoms with Crippen LogP contribution >= 0.6 is 11.6 Å². The Balaban J connectivity index is 1.78. The molecule has 3 rings (SSSR count). The summed E-state index contributed by atoms with van der Waals surface area (Å²) in [7, 11) is 0. The highest BCUT2D eigenvalue weighted by Crippen LogP contribution is 2.33. The highest BCUT2D eigenvalue weighted by molar-refractivity contribution is 6.31. The van der Waals surface area contributed by atoms with Gasteiger partial charge in [0, 0.05) is 22.8 Å². The molecule has 1 saturated heterocycles. The lowest BCUT2D eigenvalue weighted by molar-refractivity contribution is 0.206. The Morgan fingerprint density at radius 3 is 2.83 bits per heavy atom. The van der Waals surface area contributed by atoms with Crippen LogP contribution in [0.4, 0.5) is 14.9 Å². The predicted molar refractivity (Wildman–Crippen MR) is 90.3 cm³/mol. The van der Waals surface area contributed by atoms with Gasteiger partial charge in [-0.15, -0.1) is 0 Å². The minimum atomic E-state index is -0.268. The maximum Gasteiger partial charge on any atom is 0.322 e. The number of benzene rings is 2. The van der Waals surface area contributed by atoms with Crippen LogP contribution in [0, 0.1) is 12.7 Å². The second kappa shape index (κ2) is 6.59. The topological polar surface area (TPSA) is 32.3 Å². The molecule has 3 nitrogen and oxygen atoms in total. The lowest BCUT2D eigenvalue weighted by atomic mass is 10.0. The van der Waals surface area contributed by atoms with Crippen molar-refractivity contribution in [2.24, 2.45) is 0 Å². The van der Waals surface area contributed by atoms with E-state index in [1.54, 1.807) is 29.2 Å². The van der Waals surface area contributed by atoms with Gasteiger partial charge < -0.3 is 10.2 Å². The molecule has 0 radical (unpaired) electrons. The van der Waals surface area contributed by atoms with Gasteiger partial charge in [0.1, 0.15) is 5.82 Å². The van der Waals surface area contributed by atoms with Crippen molar-refractivity contribution in [1.82, 2.24) is 4.90 Å². The van der Waals surface area contributed by atoms with Gasteiger partial charge in [-0.2, -0.15) is 0 Å². The summed E-state index contributed by atoms with van der Waals surface area (Å²) >= 11 is 6.09. The van der Waals surface area contributed by atoms with Gasteiger partial charge in [-0.05, 0) is 43.5 Å². The Morgan fingerprint density at radius 2 is 2.09 bits per heavy atom. The Kier molecular flexibility index (Phi) is 4.53. The number of likely N-dealkylation sites (tertiary alicyclic amines) is 1. The number of carbonyl (C=O) groups is 1. The molecule has 2 amide bonds. The average Bonchev–Trinajstić information content (AvgIpc) is 3.01. The second-order valence-corrected chi connectivity index (χ2v) is 6.17. The smallest absolute Gasteiger partial charge is 0.317 e. The first-order chi connectivity index (χ1) is 11.1. The van der Waals surface area contributed by atoms with Crippen LogP contribution in [0.2, 0.25) is 5.02 Å². The van der Waals surface area contributed by atoms with Gasteiger partial charge in [0.05, 0.1) is 6.04 Å². The molecule has 5 heteroatoms. The van der Waals surface area contributed by atoms with E-state index in [1.165, 1.54) is 6.07 Å². The molecule has 23 heavy (non-hydrogen) atoms. The van der Waals surface area contributed by atoms with Gasteiger partial charge in [-0.3, -0.25) is 0 Å². The Morgan fingerprint density at radius 1 is 1.30 bits per heavy atom. The minimum absolute atomic E-state index is 0.225. The lowest BCUT2D eigenvalue weighted by Gasteiger charge is -2.25. The maximum atomic E-state index is 14.0. The molecule has 1 atom stereocenters. The first kappa shape index (κ1) is 15.8. The van der Waals surface area contributed by atoms with Gasteiger partial charge in [0.2, 0.25) is 0 Å². The molecular weight excluding hydrogens is 315 g/mol. The second-order valence-electron chi connectivity index (χ2n) is 5.77. The van der Waals surface area contributed by atoms with Crippen molar-refractivity contribution in [2.75, 3.05) is 11.9 Å². The van der Waals surface area contributed by atoms with Gasteiger partial charge in [-0.25, -0.2) is 9.18 Å². The first-order valence-corrected chi connectivity index (χ1v) is 8.02. The van der Waals surface area contributed by atoms with E-state index in [2.05, 4.69) is 5.32 Å². The van der Waals surface area contributed by atoms with Gasteiger partial charge in [0.25, 0.3) is 0 Å². The quantitative estimate of drug-likeness (QED) is 0.809. The average molecular weight is 333 g/mol. The Labute approximate surface area is 140 Å². The number of hydrogen-bond acceptors (Lipinski definition) is 1. The number of aryl methyl sites for hydroxylation is 1. The number of anilines is 1. The summed E-state index contributed by atoms with van der Waals surface area (Å²) in [6, 6.07) is 11.6. The normalized spacial score (nSPS) is 17.3. The Hall–Kier alpha value is -2.07. The van der Waals surface area contributed by atoms with Crippen LogP contribution < -0.4 is 5.32 Å². The molecule has 1 N–H and O–H groups in total.